The van der Waals surface area contributed by atoms with Crippen molar-refractivity contribution >= 4 is 33.1 Å². The second-order valence-electron chi connectivity index (χ2n) is 4.38. The lowest BCUT2D eigenvalue weighted by Gasteiger charge is -2.13. The van der Waals surface area contributed by atoms with E-state index in [0.29, 0.717) is 10.7 Å². The summed E-state index contributed by atoms with van der Waals surface area (Å²) in [5.41, 5.74) is 8.65. The Morgan fingerprint density at radius 1 is 1.11 bits per heavy atom. The fraction of sp³-hybridized carbons (Fsp3) is 0.133. The molecule has 2 aromatic rings. The van der Waals surface area contributed by atoms with Gasteiger partial charge in [0.2, 0.25) is 0 Å². The summed E-state index contributed by atoms with van der Waals surface area (Å²) in [5, 5.41) is 0. The van der Waals surface area contributed by atoms with Gasteiger partial charge in [-0.1, -0.05) is 39.8 Å². The first-order valence-corrected chi connectivity index (χ1v) is 7.02. The number of nitrogens with two attached hydrogens (primary N) is 1. The standard InChI is InChI=1S/C15H14BrNOS/c1-9-3-5-14(12(7-9)15(17)19)18-13-6-4-11(16)8-10(13)2/h3-8H,1-2H3,(H2,17,19). The lowest BCUT2D eigenvalue weighted by atomic mass is 10.1. The molecule has 0 unspecified atom stereocenters. The molecule has 0 atom stereocenters. The highest BCUT2D eigenvalue weighted by molar-refractivity contribution is 9.10. The van der Waals surface area contributed by atoms with Crippen LogP contribution in [0.2, 0.25) is 0 Å². The number of thiocarbonyl (C=S) groups is 1. The molecule has 0 bridgehead atoms. The molecule has 19 heavy (non-hydrogen) atoms. The number of aryl methyl sites for hydroxylation is 2. The van der Waals surface area contributed by atoms with E-state index in [-0.39, 0.29) is 0 Å². The van der Waals surface area contributed by atoms with E-state index in [1.807, 2.05) is 50.2 Å². The minimum Gasteiger partial charge on any atom is -0.456 e. The van der Waals surface area contributed by atoms with Gasteiger partial charge in [0.05, 0.1) is 5.56 Å². The second-order valence-corrected chi connectivity index (χ2v) is 5.73. The van der Waals surface area contributed by atoms with E-state index in [2.05, 4.69) is 15.9 Å². The van der Waals surface area contributed by atoms with Crippen molar-refractivity contribution < 1.29 is 4.74 Å². The van der Waals surface area contributed by atoms with E-state index in [1.54, 1.807) is 0 Å². The highest BCUT2D eigenvalue weighted by atomic mass is 79.9. The lowest BCUT2D eigenvalue weighted by molar-refractivity contribution is 0.478. The molecule has 2 rings (SSSR count). The molecule has 0 aliphatic carbocycles. The highest BCUT2D eigenvalue weighted by Gasteiger charge is 2.09. The Balaban J connectivity index is 2.40. The zero-order valence-corrected chi connectivity index (χ0v) is 13.1. The van der Waals surface area contributed by atoms with E-state index < -0.39 is 0 Å². The molecule has 4 heteroatoms. The Morgan fingerprint density at radius 3 is 2.42 bits per heavy atom. The maximum Gasteiger partial charge on any atom is 0.137 e. The van der Waals surface area contributed by atoms with E-state index in [1.165, 1.54) is 0 Å². The van der Waals surface area contributed by atoms with Gasteiger partial charge in [0.25, 0.3) is 0 Å². The van der Waals surface area contributed by atoms with E-state index in [0.717, 1.165) is 26.9 Å². The largest absolute Gasteiger partial charge is 0.456 e. The molecule has 0 aliphatic rings. The fourth-order valence-electron chi connectivity index (χ4n) is 1.77. The molecule has 0 spiro atoms. The van der Waals surface area contributed by atoms with Crippen LogP contribution in [0, 0.1) is 13.8 Å². The fourth-order valence-corrected chi connectivity index (χ4v) is 2.41. The van der Waals surface area contributed by atoms with E-state index >= 15 is 0 Å². The molecule has 2 aromatic carbocycles. The molecule has 0 radical (unpaired) electrons. The van der Waals surface area contributed by atoms with Crippen molar-refractivity contribution in [3.05, 3.63) is 57.6 Å². The summed E-state index contributed by atoms with van der Waals surface area (Å²) >= 11 is 8.50. The van der Waals surface area contributed by atoms with Gasteiger partial charge >= 0.3 is 0 Å². The molecule has 0 saturated carbocycles. The van der Waals surface area contributed by atoms with Crippen molar-refractivity contribution in [1.82, 2.24) is 0 Å². The third-order valence-electron chi connectivity index (χ3n) is 2.76. The van der Waals surface area contributed by atoms with Crippen LogP contribution < -0.4 is 10.5 Å². The predicted octanol–water partition coefficient (Wildman–Crippen LogP) is 4.49. The number of halogens is 1. The van der Waals surface area contributed by atoms with Crippen molar-refractivity contribution in [3.63, 3.8) is 0 Å². The Hall–Kier alpha value is -1.39. The van der Waals surface area contributed by atoms with Crippen LogP contribution in [0.25, 0.3) is 0 Å². The normalized spacial score (nSPS) is 10.3. The zero-order chi connectivity index (χ0) is 14.0. The first kappa shape index (κ1) is 14.0. The Kier molecular flexibility index (Phi) is 4.22. The van der Waals surface area contributed by atoms with Gasteiger partial charge in [0, 0.05) is 4.47 Å². The van der Waals surface area contributed by atoms with Crippen LogP contribution in [0.15, 0.2) is 40.9 Å². The molecule has 0 fully saturated rings. The monoisotopic (exact) mass is 335 g/mol. The summed E-state index contributed by atoms with van der Waals surface area (Å²) in [4.78, 5) is 0.341. The van der Waals surface area contributed by atoms with Gasteiger partial charge in [-0.15, -0.1) is 0 Å². The molecule has 0 aliphatic heterocycles. The van der Waals surface area contributed by atoms with Gasteiger partial charge in [0.1, 0.15) is 16.5 Å². The molecule has 0 saturated heterocycles. The Morgan fingerprint density at radius 2 is 1.79 bits per heavy atom. The van der Waals surface area contributed by atoms with Crippen molar-refractivity contribution in [2.24, 2.45) is 5.73 Å². The number of ether oxygens (including phenoxy) is 1. The summed E-state index contributed by atoms with van der Waals surface area (Å²) in [6.45, 7) is 3.99. The van der Waals surface area contributed by atoms with Gasteiger partial charge in [-0.05, 0) is 49.7 Å². The van der Waals surface area contributed by atoms with Gasteiger partial charge in [-0.25, -0.2) is 0 Å². The van der Waals surface area contributed by atoms with Gasteiger partial charge in [-0.2, -0.15) is 0 Å². The SMILES string of the molecule is Cc1ccc(Oc2ccc(Br)cc2C)c(C(N)=S)c1. The third kappa shape index (κ3) is 3.33. The predicted molar refractivity (Wildman–Crippen MR) is 86.0 cm³/mol. The maximum absolute atomic E-state index is 5.92. The Bertz CT molecular complexity index is 640. The summed E-state index contributed by atoms with van der Waals surface area (Å²) in [7, 11) is 0. The van der Waals surface area contributed by atoms with Gasteiger partial charge in [0.15, 0.2) is 0 Å². The second kappa shape index (κ2) is 5.72. The summed E-state index contributed by atoms with van der Waals surface area (Å²) in [6, 6.07) is 11.7. The van der Waals surface area contributed by atoms with Crippen LogP contribution >= 0.6 is 28.1 Å². The number of rotatable bonds is 3. The van der Waals surface area contributed by atoms with Crippen LogP contribution in [0.4, 0.5) is 0 Å². The average Bonchev–Trinajstić information content (AvgIpc) is 2.34. The first-order chi connectivity index (χ1) is 8.97. The molecule has 0 amide bonds. The Labute approximate surface area is 126 Å². The summed E-state index contributed by atoms with van der Waals surface area (Å²) < 4.78 is 6.95. The zero-order valence-electron chi connectivity index (χ0n) is 10.7. The highest BCUT2D eigenvalue weighted by Crippen LogP contribution is 2.30. The quantitative estimate of drug-likeness (QED) is 0.839. The number of hydrogen-bond donors (Lipinski definition) is 1. The minimum absolute atomic E-state index is 0.341. The lowest BCUT2D eigenvalue weighted by Crippen LogP contribution is -2.11. The number of hydrogen-bond acceptors (Lipinski definition) is 2. The smallest absolute Gasteiger partial charge is 0.137 e. The molecule has 0 heterocycles. The summed E-state index contributed by atoms with van der Waals surface area (Å²) in [5.74, 6) is 1.48. The molecule has 0 aromatic heterocycles. The van der Waals surface area contributed by atoms with Crippen LogP contribution in [-0.2, 0) is 0 Å². The van der Waals surface area contributed by atoms with E-state index in [4.69, 9.17) is 22.7 Å². The van der Waals surface area contributed by atoms with Crippen molar-refractivity contribution in [2.45, 2.75) is 13.8 Å². The van der Waals surface area contributed by atoms with Crippen molar-refractivity contribution in [3.8, 4) is 11.5 Å². The average molecular weight is 336 g/mol. The molecule has 2 nitrogen and oxygen atoms in total. The van der Waals surface area contributed by atoms with Gasteiger partial charge < -0.3 is 10.5 Å². The van der Waals surface area contributed by atoms with Crippen LogP contribution in [0.1, 0.15) is 16.7 Å². The molecular formula is C15H14BrNOS. The van der Waals surface area contributed by atoms with E-state index in [9.17, 15) is 0 Å². The third-order valence-corrected chi connectivity index (χ3v) is 3.47. The first-order valence-electron chi connectivity index (χ1n) is 5.82. The van der Waals surface area contributed by atoms with Crippen LogP contribution in [-0.4, -0.2) is 4.99 Å². The van der Waals surface area contributed by atoms with Crippen molar-refractivity contribution in [1.29, 1.82) is 0 Å². The van der Waals surface area contributed by atoms with Gasteiger partial charge in [-0.3, -0.25) is 0 Å². The topological polar surface area (TPSA) is 35.2 Å². The molecular weight excluding hydrogens is 322 g/mol. The maximum atomic E-state index is 5.92. The van der Waals surface area contributed by atoms with Crippen LogP contribution in [0.3, 0.4) is 0 Å². The molecule has 98 valence electrons. The molecule has 2 N–H and O–H groups in total. The van der Waals surface area contributed by atoms with Crippen molar-refractivity contribution in [2.75, 3.05) is 0 Å². The minimum atomic E-state index is 0.341. The number of benzene rings is 2. The summed E-state index contributed by atoms with van der Waals surface area (Å²) in [6.07, 6.45) is 0. The van der Waals surface area contributed by atoms with Crippen LogP contribution in [0.5, 0.6) is 11.5 Å².